The van der Waals surface area contributed by atoms with Crippen molar-refractivity contribution in [3.8, 4) is 5.75 Å². The van der Waals surface area contributed by atoms with Crippen molar-refractivity contribution < 1.29 is 9.53 Å². The fourth-order valence-electron chi connectivity index (χ4n) is 2.62. The standard InChI is InChI=1S/C17H19N3O2/c21-17(19-14-6-4-10-18-12-14)20-11-5-7-15(20)13-22-16-8-2-1-3-9-16/h1-4,6,8-10,12,15H,5,7,11,13H2,(H,19,21)/t15-/m1/s1. The number of aromatic nitrogens is 1. The molecule has 0 spiro atoms. The average molecular weight is 297 g/mol. The van der Waals surface area contributed by atoms with E-state index in [1.807, 2.05) is 41.3 Å². The highest BCUT2D eigenvalue weighted by atomic mass is 16.5. The number of ether oxygens (including phenoxy) is 1. The van der Waals surface area contributed by atoms with E-state index >= 15 is 0 Å². The fraction of sp³-hybridized carbons (Fsp3) is 0.294. The Hall–Kier alpha value is -2.56. The van der Waals surface area contributed by atoms with Gasteiger partial charge in [-0.05, 0) is 37.1 Å². The monoisotopic (exact) mass is 297 g/mol. The van der Waals surface area contributed by atoms with Crippen LogP contribution in [0.2, 0.25) is 0 Å². The van der Waals surface area contributed by atoms with E-state index in [4.69, 9.17) is 4.74 Å². The Kier molecular flexibility index (Phi) is 4.53. The lowest BCUT2D eigenvalue weighted by atomic mass is 10.2. The zero-order valence-corrected chi connectivity index (χ0v) is 12.3. The van der Waals surface area contributed by atoms with Gasteiger partial charge in [0.1, 0.15) is 12.4 Å². The SMILES string of the molecule is O=C(Nc1cccnc1)N1CCC[C@@H]1COc1ccccc1. The molecule has 114 valence electrons. The van der Waals surface area contributed by atoms with E-state index in [-0.39, 0.29) is 12.1 Å². The van der Waals surface area contributed by atoms with Crippen LogP contribution in [-0.4, -0.2) is 35.1 Å². The Bertz CT molecular complexity index is 604. The minimum atomic E-state index is -0.0906. The van der Waals surface area contributed by atoms with Crippen molar-refractivity contribution in [2.45, 2.75) is 18.9 Å². The first-order valence-electron chi connectivity index (χ1n) is 7.48. The van der Waals surface area contributed by atoms with Crippen LogP contribution in [0.4, 0.5) is 10.5 Å². The van der Waals surface area contributed by atoms with Crippen LogP contribution in [0.3, 0.4) is 0 Å². The molecule has 0 radical (unpaired) electrons. The molecule has 22 heavy (non-hydrogen) atoms. The van der Waals surface area contributed by atoms with Crippen molar-refractivity contribution in [1.29, 1.82) is 0 Å². The summed E-state index contributed by atoms with van der Waals surface area (Å²) in [5.41, 5.74) is 0.710. The van der Waals surface area contributed by atoms with Gasteiger partial charge in [0.15, 0.2) is 0 Å². The third kappa shape index (κ3) is 3.55. The fourth-order valence-corrected chi connectivity index (χ4v) is 2.62. The predicted octanol–water partition coefficient (Wildman–Crippen LogP) is 3.16. The number of nitrogens with zero attached hydrogens (tertiary/aromatic N) is 2. The summed E-state index contributed by atoms with van der Waals surface area (Å²) in [7, 11) is 0. The van der Waals surface area contributed by atoms with Gasteiger partial charge >= 0.3 is 6.03 Å². The van der Waals surface area contributed by atoms with Crippen molar-refractivity contribution in [3.05, 3.63) is 54.9 Å². The van der Waals surface area contributed by atoms with Crippen LogP contribution < -0.4 is 10.1 Å². The lowest BCUT2D eigenvalue weighted by molar-refractivity contribution is 0.176. The summed E-state index contributed by atoms with van der Waals surface area (Å²) < 4.78 is 5.79. The van der Waals surface area contributed by atoms with Gasteiger partial charge in [0, 0.05) is 12.7 Å². The first kappa shape index (κ1) is 14.4. The molecule has 1 aliphatic heterocycles. The molecule has 1 saturated heterocycles. The molecule has 3 rings (SSSR count). The van der Waals surface area contributed by atoms with E-state index in [0.717, 1.165) is 25.1 Å². The molecule has 0 unspecified atom stereocenters. The highest BCUT2D eigenvalue weighted by Gasteiger charge is 2.29. The number of rotatable bonds is 4. The van der Waals surface area contributed by atoms with Gasteiger partial charge in [-0.1, -0.05) is 18.2 Å². The molecule has 2 aromatic rings. The maximum atomic E-state index is 12.4. The minimum Gasteiger partial charge on any atom is -0.491 e. The smallest absolute Gasteiger partial charge is 0.322 e. The number of pyridine rings is 1. The largest absolute Gasteiger partial charge is 0.491 e. The van der Waals surface area contributed by atoms with Crippen LogP contribution in [0.1, 0.15) is 12.8 Å². The molecule has 1 aromatic carbocycles. The number of amides is 2. The summed E-state index contributed by atoms with van der Waals surface area (Å²) in [5.74, 6) is 0.835. The molecule has 0 saturated carbocycles. The second-order valence-electron chi connectivity index (χ2n) is 5.29. The number of urea groups is 1. The van der Waals surface area contributed by atoms with E-state index in [2.05, 4.69) is 10.3 Å². The number of likely N-dealkylation sites (tertiary alicyclic amines) is 1. The Balaban J connectivity index is 1.57. The highest BCUT2D eigenvalue weighted by molar-refractivity contribution is 5.89. The van der Waals surface area contributed by atoms with Crippen molar-refractivity contribution >= 4 is 11.7 Å². The Morgan fingerprint density at radius 3 is 2.91 bits per heavy atom. The summed E-state index contributed by atoms with van der Waals surface area (Å²) in [5, 5.41) is 2.88. The van der Waals surface area contributed by atoms with Crippen molar-refractivity contribution in [2.24, 2.45) is 0 Å². The summed E-state index contributed by atoms with van der Waals surface area (Å²) in [4.78, 5) is 18.2. The number of carbonyl (C=O) groups excluding carboxylic acids is 1. The normalized spacial score (nSPS) is 17.3. The second-order valence-corrected chi connectivity index (χ2v) is 5.29. The van der Waals surface area contributed by atoms with Gasteiger partial charge in [-0.15, -0.1) is 0 Å². The zero-order valence-electron chi connectivity index (χ0n) is 12.3. The molecule has 1 aliphatic rings. The van der Waals surface area contributed by atoms with Crippen LogP contribution in [0.5, 0.6) is 5.75 Å². The molecule has 2 heterocycles. The number of nitrogens with one attached hydrogen (secondary N) is 1. The van der Waals surface area contributed by atoms with Crippen LogP contribution in [0.15, 0.2) is 54.9 Å². The number of para-hydroxylation sites is 1. The van der Waals surface area contributed by atoms with E-state index in [1.165, 1.54) is 0 Å². The van der Waals surface area contributed by atoms with Crippen LogP contribution in [0.25, 0.3) is 0 Å². The second kappa shape index (κ2) is 6.93. The maximum absolute atomic E-state index is 12.4. The highest BCUT2D eigenvalue weighted by Crippen LogP contribution is 2.20. The van der Waals surface area contributed by atoms with E-state index < -0.39 is 0 Å². The van der Waals surface area contributed by atoms with Crippen LogP contribution in [-0.2, 0) is 0 Å². The summed E-state index contributed by atoms with van der Waals surface area (Å²) in [6, 6.07) is 13.3. The summed E-state index contributed by atoms with van der Waals surface area (Å²) in [6.45, 7) is 1.28. The Labute approximate surface area is 129 Å². The molecule has 0 aliphatic carbocycles. The third-order valence-electron chi connectivity index (χ3n) is 3.74. The van der Waals surface area contributed by atoms with Crippen molar-refractivity contribution in [2.75, 3.05) is 18.5 Å². The molecular weight excluding hydrogens is 278 g/mol. The predicted molar refractivity (Wildman–Crippen MR) is 84.9 cm³/mol. The summed E-state index contributed by atoms with van der Waals surface area (Å²) >= 11 is 0. The Morgan fingerprint density at radius 2 is 2.14 bits per heavy atom. The van der Waals surface area contributed by atoms with Gasteiger partial charge in [-0.3, -0.25) is 4.98 Å². The van der Waals surface area contributed by atoms with Gasteiger partial charge in [-0.2, -0.15) is 0 Å². The topological polar surface area (TPSA) is 54.5 Å². The molecule has 1 atom stereocenters. The van der Waals surface area contributed by atoms with Gasteiger partial charge < -0.3 is 15.0 Å². The molecule has 2 amide bonds. The zero-order chi connectivity index (χ0) is 15.2. The van der Waals surface area contributed by atoms with Gasteiger partial charge in [0.25, 0.3) is 0 Å². The van der Waals surface area contributed by atoms with Gasteiger partial charge in [0.2, 0.25) is 0 Å². The maximum Gasteiger partial charge on any atom is 0.322 e. The molecule has 5 heteroatoms. The van der Waals surface area contributed by atoms with E-state index in [0.29, 0.717) is 12.3 Å². The third-order valence-corrected chi connectivity index (χ3v) is 3.74. The van der Waals surface area contributed by atoms with Crippen molar-refractivity contribution in [3.63, 3.8) is 0 Å². The first-order valence-corrected chi connectivity index (χ1v) is 7.48. The number of hydrogen-bond donors (Lipinski definition) is 1. The molecule has 1 aromatic heterocycles. The molecular formula is C17H19N3O2. The lowest BCUT2D eigenvalue weighted by Crippen LogP contribution is -2.41. The lowest BCUT2D eigenvalue weighted by Gasteiger charge is -2.25. The van der Waals surface area contributed by atoms with Crippen LogP contribution >= 0.6 is 0 Å². The minimum absolute atomic E-state index is 0.0906. The summed E-state index contributed by atoms with van der Waals surface area (Å²) in [6.07, 6.45) is 5.29. The van der Waals surface area contributed by atoms with Gasteiger partial charge in [0.05, 0.1) is 17.9 Å². The first-order chi connectivity index (χ1) is 10.8. The number of benzene rings is 1. The van der Waals surface area contributed by atoms with E-state index in [1.54, 1.807) is 18.5 Å². The quantitative estimate of drug-likeness (QED) is 0.943. The number of anilines is 1. The molecule has 1 fully saturated rings. The van der Waals surface area contributed by atoms with Crippen molar-refractivity contribution in [1.82, 2.24) is 9.88 Å². The number of carbonyl (C=O) groups is 1. The molecule has 5 nitrogen and oxygen atoms in total. The van der Waals surface area contributed by atoms with E-state index in [9.17, 15) is 4.79 Å². The number of hydrogen-bond acceptors (Lipinski definition) is 3. The van der Waals surface area contributed by atoms with Gasteiger partial charge in [-0.25, -0.2) is 4.79 Å². The van der Waals surface area contributed by atoms with Crippen LogP contribution in [0, 0.1) is 0 Å². The Morgan fingerprint density at radius 1 is 1.27 bits per heavy atom. The average Bonchev–Trinajstić information content (AvgIpc) is 3.03. The molecule has 0 bridgehead atoms. The molecule has 1 N–H and O–H groups in total.